The molecule has 0 saturated heterocycles. The van der Waals surface area contributed by atoms with Crippen molar-refractivity contribution in [2.45, 2.75) is 45.1 Å². The number of nitrogens with zero attached hydrogens (tertiary/aromatic N) is 1. The molecule has 3 aromatic rings. The smallest absolute Gasteiger partial charge is 0.330 e. The second kappa shape index (κ2) is 10.8. The first-order valence-electron chi connectivity index (χ1n) is 12.4. The van der Waals surface area contributed by atoms with Gasteiger partial charge in [-0.25, -0.2) is 4.79 Å². The quantitative estimate of drug-likeness (QED) is 0.277. The second-order valence-corrected chi connectivity index (χ2v) is 9.25. The number of rotatable bonds is 8. The van der Waals surface area contributed by atoms with Crippen molar-refractivity contribution in [3.8, 4) is 5.75 Å². The summed E-state index contributed by atoms with van der Waals surface area (Å²) in [5, 5.41) is 0. The summed E-state index contributed by atoms with van der Waals surface area (Å²) >= 11 is 0. The SMILES string of the molecule is CCCCc1ccc(N2CCc3cc(OC)ccc3C2(C)c2ccc(/C=C/C(=O)OC)cc2)cc1. The number of ether oxygens (including phenoxy) is 2. The third-order valence-corrected chi connectivity index (χ3v) is 7.13. The highest BCUT2D eigenvalue weighted by Gasteiger charge is 2.40. The fourth-order valence-corrected chi connectivity index (χ4v) is 5.05. The topological polar surface area (TPSA) is 38.8 Å². The van der Waals surface area contributed by atoms with Gasteiger partial charge in [0.1, 0.15) is 5.75 Å². The number of aryl methyl sites for hydroxylation is 1. The molecular weight excluding hydrogens is 434 g/mol. The van der Waals surface area contributed by atoms with Gasteiger partial charge in [-0.3, -0.25) is 0 Å². The summed E-state index contributed by atoms with van der Waals surface area (Å²) in [6.45, 7) is 5.45. The minimum Gasteiger partial charge on any atom is -0.497 e. The van der Waals surface area contributed by atoms with E-state index < -0.39 is 0 Å². The van der Waals surface area contributed by atoms with Crippen molar-refractivity contribution in [2.75, 3.05) is 25.7 Å². The summed E-state index contributed by atoms with van der Waals surface area (Å²) < 4.78 is 10.2. The van der Waals surface area contributed by atoms with Crippen LogP contribution in [0, 0.1) is 0 Å². The van der Waals surface area contributed by atoms with Crippen molar-refractivity contribution in [1.29, 1.82) is 0 Å². The van der Waals surface area contributed by atoms with Gasteiger partial charge < -0.3 is 14.4 Å². The Morgan fingerprint density at radius 2 is 1.77 bits per heavy atom. The summed E-state index contributed by atoms with van der Waals surface area (Å²) in [6.07, 6.45) is 7.73. The first kappa shape index (κ1) is 24.6. The van der Waals surface area contributed by atoms with Gasteiger partial charge in [0, 0.05) is 18.3 Å². The fraction of sp³-hybridized carbons (Fsp3) is 0.323. The van der Waals surface area contributed by atoms with Gasteiger partial charge in [0.25, 0.3) is 0 Å². The van der Waals surface area contributed by atoms with E-state index in [4.69, 9.17) is 9.47 Å². The van der Waals surface area contributed by atoms with E-state index in [9.17, 15) is 4.79 Å². The van der Waals surface area contributed by atoms with Crippen molar-refractivity contribution in [1.82, 2.24) is 0 Å². The van der Waals surface area contributed by atoms with E-state index in [1.54, 1.807) is 13.2 Å². The average molecular weight is 470 g/mol. The third kappa shape index (κ3) is 5.12. The van der Waals surface area contributed by atoms with Crippen LogP contribution in [0.2, 0.25) is 0 Å². The lowest BCUT2D eigenvalue weighted by atomic mass is 9.76. The maximum absolute atomic E-state index is 11.5. The molecule has 0 aliphatic carbocycles. The van der Waals surface area contributed by atoms with Gasteiger partial charge in [-0.15, -0.1) is 0 Å². The number of methoxy groups -OCH3 is 2. The van der Waals surface area contributed by atoms with Gasteiger partial charge in [0.2, 0.25) is 0 Å². The Bertz CT molecular complexity index is 1180. The molecule has 0 aromatic heterocycles. The van der Waals surface area contributed by atoms with Crippen LogP contribution >= 0.6 is 0 Å². The Balaban J connectivity index is 1.75. The predicted molar refractivity (Wildman–Crippen MR) is 143 cm³/mol. The normalized spacial score (nSPS) is 17.3. The van der Waals surface area contributed by atoms with Gasteiger partial charge in [0.15, 0.2) is 0 Å². The van der Waals surface area contributed by atoms with Crippen LogP contribution < -0.4 is 9.64 Å². The molecule has 35 heavy (non-hydrogen) atoms. The number of unbranched alkanes of at least 4 members (excludes halogenated alkanes) is 1. The molecule has 0 fully saturated rings. The van der Waals surface area contributed by atoms with Gasteiger partial charge in [-0.2, -0.15) is 0 Å². The minimum atomic E-state index is -0.357. The Kier molecular flexibility index (Phi) is 7.60. The lowest BCUT2D eigenvalue weighted by Crippen LogP contribution is -2.49. The molecule has 4 heteroatoms. The Hall–Kier alpha value is -3.53. The van der Waals surface area contributed by atoms with Crippen LogP contribution in [0.5, 0.6) is 5.75 Å². The highest BCUT2D eigenvalue weighted by Crippen LogP contribution is 2.44. The van der Waals surface area contributed by atoms with E-state index in [0.717, 1.165) is 30.7 Å². The van der Waals surface area contributed by atoms with E-state index in [0.29, 0.717) is 0 Å². The lowest BCUT2D eigenvalue weighted by molar-refractivity contribution is -0.134. The van der Waals surface area contributed by atoms with E-state index in [1.165, 1.54) is 54.0 Å². The number of carbonyl (C=O) groups is 1. The van der Waals surface area contributed by atoms with Crippen LogP contribution in [-0.4, -0.2) is 26.7 Å². The summed E-state index contributed by atoms with van der Waals surface area (Å²) in [5.74, 6) is 0.535. The molecule has 1 unspecified atom stereocenters. The number of anilines is 1. The summed E-state index contributed by atoms with van der Waals surface area (Å²) in [7, 11) is 3.10. The first-order chi connectivity index (χ1) is 17.0. The average Bonchev–Trinajstić information content (AvgIpc) is 2.91. The minimum absolute atomic E-state index is 0.352. The summed E-state index contributed by atoms with van der Waals surface area (Å²) in [5.41, 5.74) is 7.03. The van der Waals surface area contributed by atoms with Crippen LogP contribution in [0.1, 0.15) is 54.5 Å². The number of hydrogen-bond donors (Lipinski definition) is 0. The summed E-state index contributed by atoms with van der Waals surface area (Å²) in [4.78, 5) is 14.0. The zero-order chi connectivity index (χ0) is 24.8. The van der Waals surface area contributed by atoms with Crippen LogP contribution in [0.3, 0.4) is 0 Å². The highest BCUT2D eigenvalue weighted by atomic mass is 16.5. The Morgan fingerprint density at radius 1 is 1.03 bits per heavy atom. The van der Waals surface area contributed by atoms with E-state index in [1.807, 2.05) is 0 Å². The van der Waals surface area contributed by atoms with Crippen molar-refractivity contribution in [3.05, 3.63) is 101 Å². The van der Waals surface area contributed by atoms with E-state index >= 15 is 0 Å². The lowest BCUT2D eigenvalue weighted by Gasteiger charge is -2.48. The number of benzene rings is 3. The maximum atomic E-state index is 11.5. The molecule has 1 aliphatic rings. The van der Waals surface area contributed by atoms with Gasteiger partial charge >= 0.3 is 5.97 Å². The molecule has 0 radical (unpaired) electrons. The zero-order valence-electron chi connectivity index (χ0n) is 21.2. The van der Waals surface area contributed by atoms with Crippen molar-refractivity contribution in [3.63, 3.8) is 0 Å². The first-order valence-corrected chi connectivity index (χ1v) is 12.4. The number of hydrogen-bond acceptors (Lipinski definition) is 4. The molecule has 4 nitrogen and oxygen atoms in total. The molecule has 3 aromatic carbocycles. The molecular formula is C31H35NO3. The third-order valence-electron chi connectivity index (χ3n) is 7.13. The van der Waals surface area contributed by atoms with E-state index in [-0.39, 0.29) is 11.5 Å². The molecule has 1 aliphatic heterocycles. The largest absolute Gasteiger partial charge is 0.497 e. The number of esters is 1. The fourth-order valence-electron chi connectivity index (χ4n) is 5.05. The molecule has 0 amide bonds. The standard InChI is InChI=1S/C31H35NO3/c1-5-6-7-23-10-15-27(16-11-23)32-21-20-25-22-28(34-3)17-18-29(25)31(32,2)26-13-8-24(9-14-26)12-19-30(33)35-4/h8-19,22H,5-7,20-21H2,1-4H3/b19-12+. The number of carbonyl (C=O) groups excluding carboxylic acids is 1. The van der Waals surface area contributed by atoms with Crippen molar-refractivity contribution in [2.24, 2.45) is 0 Å². The van der Waals surface area contributed by atoms with Crippen LogP contribution in [0.4, 0.5) is 5.69 Å². The molecule has 182 valence electrons. The molecule has 1 atom stereocenters. The van der Waals surface area contributed by atoms with Gasteiger partial charge in [-0.1, -0.05) is 55.8 Å². The molecule has 0 saturated carbocycles. The van der Waals surface area contributed by atoms with Crippen molar-refractivity contribution >= 4 is 17.7 Å². The Labute approximate surface area is 209 Å². The van der Waals surface area contributed by atoms with Crippen LogP contribution in [-0.2, 0) is 27.9 Å². The molecule has 4 rings (SSSR count). The van der Waals surface area contributed by atoms with Crippen molar-refractivity contribution < 1.29 is 14.3 Å². The Morgan fingerprint density at radius 3 is 2.43 bits per heavy atom. The zero-order valence-corrected chi connectivity index (χ0v) is 21.2. The predicted octanol–water partition coefficient (Wildman–Crippen LogP) is 6.55. The van der Waals surface area contributed by atoms with E-state index in [2.05, 4.69) is 85.5 Å². The molecule has 1 heterocycles. The number of fused-ring (bicyclic) bond motifs is 1. The second-order valence-electron chi connectivity index (χ2n) is 9.25. The monoisotopic (exact) mass is 469 g/mol. The molecule has 0 spiro atoms. The van der Waals surface area contributed by atoms with Gasteiger partial charge in [0.05, 0.1) is 19.8 Å². The van der Waals surface area contributed by atoms with Crippen LogP contribution in [0.25, 0.3) is 6.08 Å². The highest BCUT2D eigenvalue weighted by molar-refractivity contribution is 5.86. The van der Waals surface area contributed by atoms with Gasteiger partial charge in [-0.05, 0) is 84.3 Å². The maximum Gasteiger partial charge on any atom is 0.330 e. The van der Waals surface area contributed by atoms with Crippen LogP contribution in [0.15, 0.2) is 72.8 Å². The molecule has 0 bridgehead atoms. The summed E-state index contributed by atoms with van der Waals surface area (Å²) in [6, 6.07) is 24.0. The molecule has 0 N–H and O–H groups in total.